The zero-order chi connectivity index (χ0) is 14.6. The fraction of sp³-hybridized carbons (Fsp3) is 1.00. The van der Waals surface area contributed by atoms with E-state index in [0.29, 0.717) is 12.3 Å². The van der Waals surface area contributed by atoms with Gasteiger partial charge >= 0.3 is 6.18 Å². The Hall–Kier alpha value is 0.520. The average Bonchev–Trinajstić information content (AvgIpc) is 2.32. The van der Waals surface area contributed by atoms with Gasteiger partial charge in [-0.25, -0.2) is 0 Å². The summed E-state index contributed by atoms with van der Waals surface area (Å²) in [4.78, 5) is 0. The van der Waals surface area contributed by atoms with E-state index in [4.69, 9.17) is 0 Å². The normalized spacial score (nSPS) is 13.7. The third-order valence-corrected chi connectivity index (χ3v) is 4.30. The highest BCUT2D eigenvalue weighted by Crippen LogP contribution is 2.27. The molecule has 0 aromatic rings. The fourth-order valence-corrected chi connectivity index (χ4v) is 2.95. The lowest BCUT2D eigenvalue weighted by Gasteiger charge is -2.17. The molecule has 1 atom stereocenters. The monoisotopic (exact) mass is 392 g/mol. The summed E-state index contributed by atoms with van der Waals surface area (Å²) in [5.41, 5.74) is 0. The largest absolute Gasteiger partial charge is 0.389 e. The predicted molar refractivity (Wildman–Crippen MR) is 84.9 cm³/mol. The van der Waals surface area contributed by atoms with Gasteiger partial charge in [-0.2, -0.15) is 13.2 Å². The first kappa shape index (κ1) is 19.5. The molecule has 116 valence electrons. The van der Waals surface area contributed by atoms with Crippen LogP contribution in [0.5, 0.6) is 0 Å². The van der Waals surface area contributed by atoms with E-state index in [-0.39, 0.29) is 0 Å². The van der Waals surface area contributed by atoms with Gasteiger partial charge in [0.25, 0.3) is 0 Å². The van der Waals surface area contributed by atoms with Crippen molar-refractivity contribution in [3.63, 3.8) is 0 Å². The standard InChI is InChI=1S/C15H28F3I/c1-2-3-4-5-9-14(10-6-7-13-19)11-8-12-15(16,17)18/h14H,2-13H2,1H3. The Bertz CT molecular complexity index is 192. The lowest BCUT2D eigenvalue weighted by molar-refractivity contribution is -0.136. The Kier molecular flexibility index (Phi) is 12.6. The first-order valence-corrected chi connectivity index (χ1v) is 9.15. The second-order valence-electron chi connectivity index (χ2n) is 5.41. The molecule has 0 aliphatic carbocycles. The van der Waals surface area contributed by atoms with E-state index in [9.17, 15) is 13.2 Å². The van der Waals surface area contributed by atoms with E-state index in [1.165, 1.54) is 38.5 Å². The summed E-state index contributed by atoms with van der Waals surface area (Å²) in [5.74, 6) is 0.516. The molecule has 0 saturated carbocycles. The van der Waals surface area contributed by atoms with E-state index in [1.807, 2.05) is 0 Å². The molecular formula is C15H28F3I. The van der Waals surface area contributed by atoms with Gasteiger partial charge in [0.15, 0.2) is 0 Å². The van der Waals surface area contributed by atoms with Crippen molar-refractivity contribution in [3.8, 4) is 0 Å². The number of hydrogen-bond donors (Lipinski definition) is 0. The highest BCUT2D eigenvalue weighted by Gasteiger charge is 2.26. The second-order valence-corrected chi connectivity index (χ2v) is 6.49. The van der Waals surface area contributed by atoms with Crippen LogP contribution in [0.1, 0.15) is 77.6 Å². The third kappa shape index (κ3) is 14.7. The molecule has 0 nitrogen and oxygen atoms in total. The zero-order valence-electron chi connectivity index (χ0n) is 12.1. The molecule has 0 aromatic heterocycles. The van der Waals surface area contributed by atoms with E-state index in [2.05, 4.69) is 29.5 Å². The molecule has 0 amide bonds. The average molecular weight is 392 g/mol. The van der Waals surface area contributed by atoms with Gasteiger partial charge in [0.05, 0.1) is 0 Å². The van der Waals surface area contributed by atoms with E-state index >= 15 is 0 Å². The highest BCUT2D eigenvalue weighted by atomic mass is 127. The summed E-state index contributed by atoms with van der Waals surface area (Å²) in [5, 5.41) is 0. The van der Waals surface area contributed by atoms with Gasteiger partial charge in [-0.1, -0.05) is 80.9 Å². The molecule has 0 aliphatic heterocycles. The lowest BCUT2D eigenvalue weighted by Crippen LogP contribution is -2.09. The van der Waals surface area contributed by atoms with Gasteiger partial charge in [0.2, 0.25) is 0 Å². The molecule has 0 bridgehead atoms. The third-order valence-electron chi connectivity index (χ3n) is 3.53. The Morgan fingerprint density at radius 2 is 1.42 bits per heavy atom. The summed E-state index contributed by atoms with van der Waals surface area (Å²) in [7, 11) is 0. The molecular weight excluding hydrogens is 364 g/mol. The molecule has 0 rings (SSSR count). The summed E-state index contributed by atoms with van der Waals surface area (Å²) < 4.78 is 37.6. The summed E-state index contributed by atoms with van der Waals surface area (Å²) >= 11 is 2.36. The molecule has 1 unspecified atom stereocenters. The first-order valence-electron chi connectivity index (χ1n) is 7.62. The van der Waals surface area contributed by atoms with Crippen LogP contribution in [0.4, 0.5) is 13.2 Å². The molecule has 0 aliphatic rings. The van der Waals surface area contributed by atoms with E-state index in [1.54, 1.807) is 0 Å². The van der Waals surface area contributed by atoms with Gasteiger partial charge in [0, 0.05) is 6.42 Å². The smallest absolute Gasteiger partial charge is 0.171 e. The van der Waals surface area contributed by atoms with Crippen LogP contribution >= 0.6 is 22.6 Å². The molecule has 0 aromatic carbocycles. The maximum Gasteiger partial charge on any atom is 0.389 e. The van der Waals surface area contributed by atoms with Crippen LogP contribution in [0.3, 0.4) is 0 Å². The summed E-state index contributed by atoms with van der Waals surface area (Å²) in [6.45, 7) is 2.18. The van der Waals surface area contributed by atoms with Crippen molar-refractivity contribution in [2.75, 3.05) is 4.43 Å². The van der Waals surface area contributed by atoms with Crippen molar-refractivity contribution in [1.82, 2.24) is 0 Å². The van der Waals surface area contributed by atoms with Gasteiger partial charge in [-0.3, -0.25) is 0 Å². The summed E-state index contributed by atoms with van der Waals surface area (Å²) in [6, 6.07) is 0. The number of hydrogen-bond acceptors (Lipinski definition) is 0. The van der Waals surface area contributed by atoms with Crippen LogP contribution in [0, 0.1) is 5.92 Å². The summed E-state index contributed by atoms with van der Waals surface area (Å²) in [6.07, 6.45) is 5.99. The number of halogens is 4. The number of unbranched alkanes of at least 4 members (excludes halogenated alkanes) is 4. The minimum Gasteiger partial charge on any atom is -0.171 e. The molecule has 0 spiro atoms. The molecule has 19 heavy (non-hydrogen) atoms. The fourth-order valence-electron chi connectivity index (χ4n) is 2.41. The van der Waals surface area contributed by atoms with Crippen molar-refractivity contribution < 1.29 is 13.2 Å². The van der Waals surface area contributed by atoms with Gasteiger partial charge in [0.1, 0.15) is 0 Å². The van der Waals surface area contributed by atoms with Crippen molar-refractivity contribution in [2.45, 2.75) is 83.7 Å². The molecule has 0 heterocycles. The van der Waals surface area contributed by atoms with Gasteiger partial charge < -0.3 is 0 Å². The number of alkyl halides is 4. The maximum atomic E-state index is 12.2. The van der Waals surface area contributed by atoms with Crippen LogP contribution < -0.4 is 0 Å². The first-order chi connectivity index (χ1) is 8.99. The van der Waals surface area contributed by atoms with Crippen LogP contribution in [0.2, 0.25) is 0 Å². The second kappa shape index (κ2) is 12.3. The molecule has 4 heteroatoms. The van der Waals surface area contributed by atoms with Crippen LogP contribution in [0.25, 0.3) is 0 Å². The van der Waals surface area contributed by atoms with E-state index < -0.39 is 12.6 Å². The number of rotatable bonds is 12. The lowest BCUT2D eigenvalue weighted by atomic mass is 9.90. The Balaban J connectivity index is 3.82. The SMILES string of the molecule is CCCCCCC(CCCCI)CCCC(F)(F)F. The molecule has 0 fully saturated rings. The maximum absolute atomic E-state index is 12.2. The van der Waals surface area contributed by atoms with Crippen molar-refractivity contribution in [3.05, 3.63) is 0 Å². The minimum absolute atomic E-state index is 0.312. The topological polar surface area (TPSA) is 0 Å². The molecule has 0 N–H and O–H groups in total. The predicted octanol–water partition coefficient (Wildman–Crippen LogP) is 6.91. The Morgan fingerprint density at radius 1 is 0.842 bits per heavy atom. The quantitative estimate of drug-likeness (QED) is 0.192. The van der Waals surface area contributed by atoms with Crippen LogP contribution in [0.15, 0.2) is 0 Å². The molecule has 0 radical (unpaired) electrons. The Labute approximate surface area is 130 Å². The molecule has 0 saturated heterocycles. The van der Waals surface area contributed by atoms with Crippen LogP contribution in [-0.2, 0) is 0 Å². The van der Waals surface area contributed by atoms with Crippen molar-refractivity contribution >= 4 is 22.6 Å². The van der Waals surface area contributed by atoms with Crippen LogP contribution in [-0.4, -0.2) is 10.6 Å². The zero-order valence-corrected chi connectivity index (χ0v) is 14.2. The minimum atomic E-state index is -3.98. The van der Waals surface area contributed by atoms with Crippen molar-refractivity contribution in [1.29, 1.82) is 0 Å². The Morgan fingerprint density at radius 3 is 1.95 bits per heavy atom. The highest BCUT2D eigenvalue weighted by molar-refractivity contribution is 14.1. The van der Waals surface area contributed by atoms with Crippen molar-refractivity contribution in [2.24, 2.45) is 5.92 Å². The van der Waals surface area contributed by atoms with Gasteiger partial charge in [-0.15, -0.1) is 0 Å². The van der Waals surface area contributed by atoms with E-state index in [0.717, 1.165) is 23.7 Å². The van der Waals surface area contributed by atoms with Gasteiger partial charge in [-0.05, 0) is 23.2 Å².